The van der Waals surface area contributed by atoms with Gasteiger partial charge in [0.1, 0.15) is 0 Å². The van der Waals surface area contributed by atoms with Gasteiger partial charge in [0.15, 0.2) is 0 Å². The minimum absolute atomic E-state index is 0.187. The van der Waals surface area contributed by atoms with Crippen molar-refractivity contribution in [3.8, 4) is 0 Å². The molecule has 0 aliphatic heterocycles. The van der Waals surface area contributed by atoms with Crippen molar-refractivity contribution >= 4 is 10.9 Å². The molecule has 0 saturated carbocycles. The first-order valence-corrected chi connectivity index (χ1v) is 4.14. The number of aryl methyl sites for hydroxylation is 1. The molecular weight excluding hydrogens is 166 g/mol. The second-order valence-electron chi connectivity index (χ2n) is 2.79. The summed E-state index contributed by atoms with van der Waals surface area (Å²) in [5, 5.41) is 6.64. The zero-order valence-corrected chi connectivity index (χ0v) is 7.24. The summed E-state index contributed by atoms with van der Waals surface area (Å²) in [6.45, 7) is 2.02. The lowest BCUT2D eigenvalue weighted by molar-refractivity contribution is 0.992. The van der Waals surface area contributed by atoms with Crippen LogP contribution < -0.4 is 5.56 Å². The summed E-state index contributed by atoms with van der Waals surface area (Å²) in [5.41, 5.74) is 1.44. The molecule has 0 saturated heterocycles. The molecule has 13 heavy (non-hydrogen) atoms. The van der Waals surface area contributed by atoms with Gasteiger partial charge in [0.2, 0.25) is 0 Å². The van der Waals surface area contributed by atoms with Gasteiger partial charge in [-0.1, -0.05) is 6.92 Å². The summed E-state index contributed by atoms with van der Waals surface area (Å²) >= 11 is 0. The smallest absolute Gasteiger partial charge is 0.267 e. The molecule has 0 atom stereocenters. The molecule has 0 unspecified atom stereocenters. The van der Waals surface area contributed by atoms with Crippen LogP contribution in [0, 0.1) is 0 Å². The molecule has 0 amide bonds. The number of nitrogens with zero attached hydrogens (tertiary/aromatic N) is 2. The van der Waals surface area contributed by atoms with Gasteiger partial charge in [-0.2, -0.15) is 5.10 Å². The Morgan fingerprint density at radius 3 is 3.08 bits per heavy atom. The fraction of sp³-hybridized carbons (Fsp3) is 0.222. The van der Waals surface area contributed by atoms with Crippen LogP contribution in [0.4, 0.5) is 0 Å². The second-order valence-corrected chi connectivity index (χ2v) is 2.79. The van der Waals surface area contributed by atoms with Gasteiger partial charge in [0, 0.05) is 5.69 Å². The third kappa shape index (κ3) is 1.30. The van der Waals surface area contributed by atoms with E-state index in [1.807, 2.05) is 13.0 Å². The highest BCUT2D eigenvalue weighted by atomic mass is 16.1. The van der Waals surface area contributed by atoms with E-state index in [2.05, 4.69) is 15.2 Å². The first kappa shape index (κ1) is 7.91. The summed E-state index contributed by atoms with van der Waals surface area (Å²) in [6, 6.07) is 3.64. The molecule has 2 rings (SSSR count). The zero-order chi connectivity index (χ0) is 9.26. The molecule has 2 aromatic heterocycles. The van der Waals surface area contributed by atoms with Gasteiger partial charge in [-0.25, -0.2) is 5.10 Å². The Labute approximate surface area is 74.6 Å². The Morgan fingerprint density at radius 2 is 2.31 bits per heavy atom. The maximum absolute atomic E-state index is 11.2. The van der Waals surface area contributed by atoms with Crippen molar-refractivity contribution in [3.63, 3.8) is 0 Å². The molecule has 0 aliphatic carbocycles. The third-order valence-corrected chi connectivity index (χ3v) is 1.94. The normalized spacial score (nSPS) is 10.5. The van der Waals surface area contributed by atoms with Crippen LogP contribution in [-0.2, 0) is 6.42 Å². The molecule has 2 aromatic rings. The molecule has 0 fully saturated rings. The molecule has 4 heteroatoms. The fourth-order valence-corrected chi connectivity index (χ4v) is 1.22. The summed E-state index contributed by atoms with van der Waals surface area (Å²) in [6.07, 6.45) is 2.43. The van der Waals surface area contributed by atoms with Crippen molar-refractivity contribution in [2.75, 3.05) is 0 Å². The van der Waals surface area contributed by atoms with Crippen molar-refractivity contribution in [1.29, 1.82) is 0 Å². The first-order valence-electron chi connectivity index (χ1n) is 4.14. The predicted octanol–water partition coefficient (Wildman–Crippen LogP) is 0.880. The number of H-pyrrole nitrogens is 1. The SMILES string of the molecule is CCc1ccc2c(=O)[nH]ncc2n1. The van der Waals surface area contributed by atoms with Gasteiger partial charge in [-0.05, 0) is 18.6 Å². The average molecular weight is 175 g/mol. The van der Waals surface area contributed by atoms with Crippen LogP contribution in [0.25, 0.3) is 10.9 Å². The van der Waals surface area contributed by atoms with E-state index >= 15 is 0 Å². The molecule has 0 aliphatic rings. The van der Waals surface area contributed by atoms with Crippen molar-refractivity contribution in [3.05, 3.63) is 34.4 Å². The fourth-order valence-electron chi connectivity index (χ4n) is 1.22. The van der Waals surface area contributed by atoms with Gasteiger partial charge < -0.3 is 0 Å². The van der Waals surface area contributed by atoms with E-state index in [0.717, 1.165) is 12.1 Å². The lowest BCUT2D eigenvalue weighted by Crippen LogP contribution is -2.08. The van der Waals surface area contributed by atoms with Crippen LogP contribution in [0.2, 0.25) is 0 Å². The standard InChI is InChI=1S/C9H9N3O/c1-2-6-3-4-7-8(11-6)5-10-12-9(7)13/h3-5H,2H2,1H3,(H,12,13). The molecule has 1 N–H and O–H groups in total. The number of fused-ring (bicyclic) bond motifs is 1. The van der Waals surface area contributed by atoms with Crippen molar-refractivity contribution in [1.82, 2.24) is 15.2 Å². The van der Waals surface area contributed by atoms with Crippen LogP contribution in [-0.4, -0.2) is 15.2 Å². The molecule has 2 heterocycles. The van der Waals surface area contributed by atoms with Gasteiger partial charge >= 0.3 is 0 Å². The van der Waals surface area contributed by atoms with E-state index < -0.39 is 0 Å². The van der Waals surface area contributed by atoms with Crippen LogP contribution >= 0.6 is 0 Å². The van der Waals surface area contributed by atoms with Gasteiger partial charge in [-0.15, -0.1) is 0 Å². The molecule has 0 bridgehead atoms. The van der Waals surface area contributed by atoms with E-state index in [0.29, 0.717) is 10.9 Å². The van der Waals surface area contributed by atoms with E-state index in [4.69, 9.17) is 0 Å². The largest absolute Gasteiger partial charge is 0.273 e. The van der Waals surface area contributed by atoms with Crippen LogP contribution in [0.15, 0.2) is 23.1 Å². The first-order chi connectivity index (χ1) is 6.31. The number of aromatic amines is 1. The molecule has 0 spiro atoms. The maximum atomic E-state index is 11.2. The van der Waals surface area contributed by atoms with Crippen molar-refractivity contribution in [2.45, 2.75) is 13.3 Å². The molecule has 0 aromatic carbocycles. The quantitative estimate of drug-likeness (QED) is 0.699. The topological polar surface area (TPSA) is 58.6 Å². The summed E-state index contributed by atoms with van der Waals surface area (Å²) in [4.78, 5) is 15.5. The van der Waals surface area contributed by atoms with Gasteiger partial charge in [0.25, 0.3) is 5.56 Å². The third-order valence-electron chi connectivity index (χ3n) is 1.94. The summed E-state index contributed by atoms with van der Waals surface area (Å²) in [5.74, 6) is 0. The monoisotopic (exact) mass is 175 g/mol. The van der Waals surface area contributed by atoms with Crippen LogP contribution in [0.5, 0.6) is 0 Å². The highest BCUT2D eigenvalue weighted by Crippen LogP contribution is 2.05. The van der Waals surface area contributed by atoms with Crippen molar-refractivity contribution in [2.24, 2.45) is 0 Å². The van der Waals surface area contributed by atoms with E-state index in [9.17, 15) is 4.79 Å². The zero-order valence-electron chi connectivity index (χ0n) is 7.24. The number of hydrogen-bond acceptors (Lipinski definition) is 3. The summed E-state index contributed by atoms with van der Waals surface area (Å²) < 4.78 is 0. The molecule has 0 radical (unpaired) electrons. The van der Waals surface area contributed by atoms with E-state index in [1.165, 1.54) is 0 Å². The number of hydrogen-bond donors (Lipinski definition) is 1. The maximum Gasteiger partial charge on any atom is 0.273 e. The Hall–Kier alpha value is -1.71. The van der Waals surface area contributed by atoms with E-state index in [-0.39, 0.29) is 5.56 Å². The Balaban J connectivity index is 2.80. The van der Waals surface area contributed by atoms with Crippen LogP contribution in [0.1, 0.15) is 12.6 Å². The second kappa shape index (κ2) is 2.97. The van der Waals surface area contributed by atoms with Crippen LogP contribution in [0.3, 0.4) is 0 Å². The number of pyridine rings is 1. The summed E-state index contributed by atoms with van der Waals surface area (Å²) in [7, 11) is 0. The van der Waals surface area contributed by atoms with E-state index in [1.54, 1.807) is 12.3 Å². The minimum Gasteiger partial charge on any atom is -0.267 e. The lowest BCUT2D eigenvalue weighted by atomic mass is 10.2. The number of nitrogens with one attached hydrogen (secondary N) is 1. The van der Waals surface area contributed by atoms with Crippen molar-refractivity contribution < 1.29 is 0 Å². The molecular formula is C9H9N3O. The Kier molecular flexibility index (Phi) is 1.81. The average Bonchev–Trinajstić information content (AvgIpc) is 2.18. The number of aromatic nitrogens is 3. The molecule has 66 valence electrons. The number of rotatable bonds is 1. The van der Waals surface area contributed by atoms with Gasteiger partial charge in [0.05, 0.1) is 17.1 Å². The van der Waals surface area contributed by atoms with Gasteiger partial charge in [-0.3, -0.25) is 9.78 Å². The lowest BCUT2D eigenvalue weighted by Gasteiger charge is -1.97. The Bertz CT molecular complexity index is 489. The Morgan fingerprint density at radius 1 is 1.46 bits per heavy atom. The highest BCUT2D eigenvalue weighted by Gasteiger charge is 1.99. The predicted molar refractivity (Wildman–Crippen MR) is 49.5 cm³/mol. The molecule has 4 nitrogen and oxygen atoms in total. The highest BCUT2D eigenvalue weighted by molar-refractivity contribution is 5.76. The minimum atomic E-state index is -0.187.